The number of carbonyl (C=O) groups is 1. The summed E-state index contributed by atoms with van der Waals surface area (Å²) in [7, 11) is 1.66. The van der Waals surface area contributed by atoms with Gasteiger partial charge in [0.15, 0.2) is 11.5 Å². The van der Waals surface area contributed by atoms with E-state index in [-0.39, 0.29) is 5.91 Å². The van der Waals surface area contributed by atoms with Gasteiger partial charge in [-0.15, -0.1) is 11.3 Å². The summed E-state index contributed by atoms with van der Waals surface area (Å²) in [6.45, 7) is 3.99. The molecule has 4 rings (SSSR count). The number of hydrogen-bond acceptors (Lipinski definition) is 5. The van der Waals surface area contributed by atoms with Crippen molar-refractivity contribution >= 4 is 34.4 Å². The molecule has 0 atom stereocenters. The molecule has 1 amide bonds. The number of nitrogens with zero attached hydrogens (tertiary/aromatic N) is 2. The van der Waals surface area contributed by atoms with Gasteiger partial charge in [0.05, 0.1) is 29.6 Å². The Morgan fingerprint density at radius 2 is 2.00 bits per heavy atom. The molecule has 4 aromatic rings. The smallest absolute Gasteiger partial charge is 0.261 e. The lowest BCUT2D eigenvalue weighted by molar-refractivity contribution is 0.0958. The summed E-state index contributed by atoms with van der Waals surface area (Å²) < 4.78 is 13.8. The maximum absolute atomic E-state index is 12.3. The third-order valence-electron chi connectivity index (χ3n) is 5.69. The number of hydrogen-bond donors (Lipinski definition) is 1. The van der Waals surface area contributed by atoms with E-state index in [9.17, 15) is 4.79 Å². The van der Waals surface area contributed by atoms with Gasteiger partial charge in [0.25, 0.3) is 5.91 Å². The standard InChI is InChI=1S/C28H31N3O3S/c1-3-9-21-13-14-24(25(20-21)33-2)34-18-7-6-17-31-23-11-5-4-10-22(23)30-27(31)15-16-29-28(32)26-12-8-19-35-26/h3-5,8-14,19-20H,6-7,15-18H2,1-2H3,(H,29,32)/b9-3+. The van der Waals surface area contributed by atoms with E-state index in [4.69, 9.17) is 14.5 Å². The van der Waals surface area contributed by atoms with Crippen LogP contribution < -0.4 is 14.8 Å². The Kier molecular flexibility index (Phi) is 8.57. The number of para-hydroxylation sites is 2. The third kappa shape index (κ3) is 6.31. The molecule has 0 bridgehead atoms. The van der Waals surface area contributed by atoms with E-state index in [0.717, 1.165) is 58.2 Å². The van der Waals surface area contributed by atoms with Crippen LogP contribution in [0.15, 0.2) is 66.1 Å². The third-order valence-corrected chi connectivity index (χ3v) is 6.56. The van der Waals surface area contributed by atoms with Gasteiger partial charge in [-0.1, -0.05) is 36.4 Å². The minimum Gasteiger partial charge on any atom is -0.493 e. The number of ether oxygens (including phenoxy) is 2. The van der Waals surface area contributed by atoms with Crippen LogP contribution in [0.1, 0.15) is 40.8 Å². The lowest BCUT2D eigenvalue weighted by Gasteiger charge is -2.12. The second-order valence-corrected chi connectivity index (χ2v) is 9.07. The number of nitrogens with one attached hydrogen (secondary N) is 1. The number of benzene rings is 2. The molecule has 0 radical (unpaired) electrons. The van der Waals surface area contributed by atoms with Crippen LogP contribution in [0.4, 0.5) is 0 Å². The van der Waals surface area contributed by atoms with Crippen molar-refractivity contribution < 1.29 is 14.3 Å². The number of fused-ring (bicyclic) bond motifs is 1. The average molecular weight is 490 g/mol. The predicted octanol–water partition coefficient (Wildman–Crippen LogP) is 5.97. The van der Waals surface area contributed by atoms with E-state index < -0.39 is 0 Å². The van der Waals surface area contributed by atoms with E-state index in [1.165, 1.54) is 11.3 Å². The molecule has 0 unspecified atom stereocenters. The quantitative estimate of drug-likeness (QED) is 0.249. The van der Waals surface area contributed by atoms with Gasteiger partial charge in [0.1, 0.15) is 5.82 Å². The van der Waals surface area contributed by atoms with Crippen molar-refractivity contribution in [2.75, 3.05) is 20.3 Å². The Morgan fingerprint density at radius 3 is 2.80 bits per heavy atom. The molecule has 182 valence electrons. The molecule has 7 heteroatoms. The summed E-state index contributed by atoms with van der Waals surface area (Å²) in [6.07, 6.45) is 6.57. The van der Waals surface area contributed by atoms with E-state index in [0.29, 0.717) is 19.6 Å². The van der Waals surface area contributed by atoms with Crippen molar-refractivity contribution in [2.45, 2.75) is 32.7 Å². The van der Waals surface area contributed by atoms with Crippen LogP contribution in [-0.2, 0) is 13.0 Å². The Labute approximate surface area is 210 Å². The maximum Gasteiger partial charge on any atom is 0.261 e. The molecule has 0 aliphatic rings. The molecule has 0 saturated heterocycles. The molecular formula is C28H31N3O3S. The zero-order valence-corrected chi connectivity index (χ0v) is 21.0. The number of methoxy groups -OCH3 is 1. The lowest BCUT2D eigenvalue weighted by atomic mass is 10.2. The van der Waals surface area contributed by atoms with Crippen LogP contribution in [0.3, 0.4) is 0 Å². The first-order chi connectivity index (χ1) is 17.2. The van der Waals surface area contributed by atoms with Crippen LogP contribution in [-0.4, -0.2) is 35.7 Å². The molecule has 0 spiro atoms. The summed E-state index contributed by atoms with van der Waals surface area (Å²) >= 11 is 1.45. The summed E-state index contributed by atoms with van der Waals surface area (Å²) in [4.78, 5) is 17.8. The highest BCUT2D eigenvalue weighted by molar-refractivity contribution is 7.12. The SMILES string of the molecule is C/C=C/c1ccc(OCCCCn2c(CCNC(=O)c3cccs3)nc3ccccc32)c(OC)c1. The first-order valence-electron chi connectivity index (χ1n) is 11.9. The molecule has 35 heavy (non-hydrogen) atoms. The second-order valence-electron chi connectivity index (χ2n) is 8.12. The van der Waals surface area contributed by atoms with E-state index in [1.807, 2.05) is 73.0 Å². The van der Waals surface area contributed by atoms with E-state index in [2.05, 4.69) is 16.0 Å². The van der Waals surface area contributed by atoms with Crippen molar-refractivity contribution in [1.82, 2.24) is 14.9 Å². The van der Waals surface area contributed by atoms with Gasteiger partial charge < -0.3 is 19.4 Å². The fourth-order valence-electron chi connectivity index (χ4n) is 4.00. The van der Waals surface area contributed by atoms with Gasteiger partial charge in [0, 0.05) is 19.5 Å². The van der Waals surface area contributed by atoms with Crippen molar-refractivity contribution in [3.63, 3.8) is 0 Å². The highest BCUT2D eigenvalue weighted by Gasteiger charge is 2.12. The minimum atomic E-state index is -0.0333. The van der Waals surface area contributed by atoms with Crippen molar-refractivity contribution in [2.24, 2.45) is 0 Å². The summed E-state index contributed by atoms with van der Waals surface area (Å²) in [5, 5.41) is 4.91. The first kappa shape index (κ1) is 24.5. The summed E-state index contributed by atoms with van der Waals surface area (Å²) in [6, 6.07) is 17.9. The van der Waals surface area contributed by atoms with Gasteiger partial charge in [-0.3, -0.25) is 4.79 Å². The normalized spacial score (nSPS) is 11.3. The monoisotopic (exact) mass is 489 g/mol. The number of rotatable bonds is 12. The van der Waals surface area contributed by atoms with Crippen LogP contribution in [0.2, 0.25) is 0 Å². The number of carbonyl (C=O) groups excluding carboxylic acids is 1. The highest BCUT2D eigenvalue weighted by Crippen LogP contribution is 2.29. The van der Waals surface area contributed by atoms with Crippen LogP contribution >= 0.6 is 11.3 Å². The zero-order valence-electron chi connectivity index (χ0n) is 20.2. The summed E-state index contributed by atoms with van der Waals surface area (Å²) in [5.41, 5.74) is 3.19. The number of unbranched alkanes of at least 4 members (excludes halogenated alkanes) is 1. The Morgan fingerprint density at radius 1 is 1.11 bits per heavy atom. The topological polar surface area (TPSA) is 65.4 Å². The largest absolute Gasteiger partial charge is 0.493 e. The van der Waals surface area contributed by atoms with Gasteiger partial charge in [-0.2, -0.15) is 0 Å². The number of aromatic nitrogens is 2. The molecular weight excluding hydrogens is 458 g/mol. The molecule has 2 heterocycles. The maximum atomic E-state index is 12.3. The Balaban J connectivity index is 1.32. The fraction of sp³-hybridized carbons (Fsp3) is 0.286. The molecule has 2 aromatic carbocycles. The number of thiophene rings is 1. The molecule has 0 aliphatic carbocycles. The van der Waals surface area contributed by atoms with Crippen LogP contribution in [0.25, 0.3) is 17.1 Å². The van der Waals surface area contributed by atoms with Crippen LogP contribution in [0.5, 0.6) is 11.5 Å². The molecule has 6 nitrogen and oxygen atoms in total. The number of amides is 1. The van der Waals surface area contributed by atoms with Crippen molar-refractivity contribution in [1.29, 1.82) is 0 Å². The number of aryl methyl sites for hydroxylation is 1. The first-order valence-corrected chi connectivity index (χ1v) is 12.8. The molecule has 1 N–H and O–H groups in total. The van der Waals surface area contributed by atoms with Crippen molar-refractivity contribution in [3.8, 4) is 11.5 Å². The average Bonchev–Trinajstić information content (AvgIpc) is 3.53. The van der Waals surface area contributed by atoms with Crippen molar-refractivity contribution in [3.05, 3.63) is 82.3 Å². The lowest BCUT2D eigenvalue weighted by Crippen LogP contribution is -2.25. The number of imidazole rings is 1. The Bertz CT molecular complexity index is 1280. The zero-order chi connectivity index (χ0) is 24.5. The van der Waals surface area contributed by atoms with Crippen LogP contribution in [0, 0.1) is 0 Å². The van der Waals surface area contributed by atoms with Gasteiger partial charge in [-0.25, -0.2) is 4.98 Å². The number of allylic oxidation sites excluding steroid dienone is 1. The second kappa shape index (κ2) is 12.2. The summed E-state index contributed by atoms with van der Waals surface area (Å²) in [5.74, 6) is 2.46. The van der Waals surface area contributed by atoms with E-state index >= 15 is 0 Å². The molecule has 0 aliphatic heterocycles. The van der Waals surface area contributed by atoms with E-state index in [1.54, 1.807) is 7.11 Å². The highest BCUT2D eigenvalue weighted by atomic mass is 32.1. The minimum absolute atomic E-state index is 0.0333. The van der Waals surface area contributed by atoms with Gasteiger partial charge in [0.2, 0.25) is 0 Å². The van der Waals surface area contributed by atoms with Gasteiger partial charge >= 0.3 is 0 Å². The molecule has 0 fully saturated rings. The Hall–Kier alpha value is -3.58. The van der Waals surface area contributed by atoms with Gasteiger partial charge in [-0.05, 0) is 61.0 Å². The fourth-order valence-corrected chi connectivity index (χ4v) is 4.64. The molecule has 0 saturated carbocycles. The molecule has 2 aromatic heterocycles. The predicted molar refractivity (Wildman–Crippen MR) is 143 cm³/mol.